The molecule has 1 aliphatic heterocycles. The number of carbonyl (C=O) groups excluding carboxylic acids is 2. The number of carboxylic acids is 1. The summed E-state index contributed by atoms with van der Waals surface area (Å²) in [5.74, 6) is -0.776. The zero-order valence-corrected chi connectivity index (χ0v) is 21.7. The van der Waals surface area contributed by atoms with Crippen LogP contribution in [0.1, 0.15) is 59.2 Å². The summed E-state index contributed by atoms with van der Waals surface area (Å²) >= 11 is 1.51. The van der Waals surface area contributed by atoms with Gasteiger partial charge in [0.25, 0.3) is 0 Å². The molecule has 3 amide bonds. The highest BCUT2D eigenvalue weighted by atomic mass is 32.1. The van der Waals surface area contributed by atoms with Crippen molar-refractivity contribution in [3.8, 4) is 0 Å². The van der Waals surface area contributed by atoms with E-state index in [1.807, 2.05) is 48.2 Å². The molecular weight excluding hydrogens is 488 g/mol. The molecule has 9 heteroatoms. The molecule has 37 heavy (non-hydrogen) atoms. The first-order valence-corrected chi connectivity index (χ1v) is 13.4. The molecule has 0 radical (unpaired) electrons. The van der Waals surface area contributed by atoms with Gasteiger partial charge in [0, 0.05) is 29.0 Å². The number of amides is 3. The number of thiazole rings is 1. The zero-order valence-electron chi connectivity index (χ0n) is 20.9. The minimum atomic E-state index is -0.825. The van der Waals surface area contributed by atoms with Gasteiger partial charge >= 0.3 is 12.0 Å². The lowest BCUT2D eigenvalue weighted by Gasteiger charge is -2.29. The summed E-state index contributed by atoms with van der Waals surface area (Å²) in [6.45, 7) is 2.62. The molecule has 0 saturated carbocycles. The molecule has 4 rings (SSSR count). The summed E-state index contributed by atoms with van der Waals surface area (Å²) in [7, 11) is 0. The van der Waals surface area contributed by atoms with Gasteiger partial charge in [-0.25, -0.2) is 9.78 Å². The smallest absolute Gasteiger partial charge is 0.323 e. The maximum atomic E-state index is 13.4. The number of urea groups is 1. The second kappa shape index (κ2) is 12.5. The van der Waals surface area contributed by atoms with Crippen LogP contribution in [0.2, 0.25) is 0 Å². The minimum Gasteiger partial charge on any atom is -0.481 e. The number of aliphatic carboxylic acids is 1. The highest BCUT2D eigenvalue weighted by Gasteiger charge is 2.29. The number of hydrogen-bond donors (Lipinski definition) is 3. The largest absolute Gasteiger partial charge is 0.481 e. The van der Waals surface area contributed by atoms with E-state index in [4.69, 9.17) is 5.11 Å². The van der Waals surface area contributed by atoms with E-state index in [1.54, 1.807) is 18.3 Å². The fourth-order valence-electron chi connectivity index (χ4n) is 4.47. The van der Waals surface area contributed by atoms with Crippen molar-refractivity contribution < 1.29 is 19.5 Å². The summed E-state index contributed by atoms with van der Waals surface area (Å²) in [6, 6.07) is 14.5. The number of nitrogens with one attached hydrogen (secondary N) is 2. The number of nitrogens with zero attached hydrogens (tertiary/aromatic N) is 2. The Bertz CT molecular complexity index is 1240. The number of aryl methyl sites for hydroxylation is 2. The third kappa shape index (κ3) is 7.39. The van der Waals surface area contributed by atoms with Crippen LogP contribution in [0.3, 0.4) is 0 Å². The summed E-state index contributed by atoms with van der Waals surface area (Å²) in [5.41, 5.74) is 3.25. The average Bonchev–Trinajstić information content (AvgIpc) is 3.21. The molecule has 3 N–H and O–H groups in total. The van der Waals surface area contributed by atoms with Crippen molar-refractivity contribution in [1.82, 2.24) is 9.88 Å². The van der Waals surface area contributed by atoms with Crippen LogP contribution in [0.25, 0.3) is 0 Å². The fraction of sp³-hybridized carbons (Fsp3) is 0.357. The lowest BCUT2D eigenvalue weighted by Crippen LogP contribution is -2.35. The molecule has 1 unspecified atom stereocenters. The normalized spacial score (nSPS) is 15.6. The van der Waals surface area contributed by atoms with Gasteiger partial charge in [-0.3, -0.25) is 9.59 Å². The van der Waals surface area contributed by atoms with Crippen LogP contribution in [0.4, 0.5) is 16.2 Å². The van der Waals surface area contributed by atoms with Crippen molar-refractivity contribution in [2.24, 2.45) is 0 Å². The van der Waals surface area contributed by atoms with Gasteiger partial charge in [0.2, 0.25) is 5.91 Å². The summed E-state index contributed by atoms with van der Waals surface area (Å²) in [5, 5.41) is 15.5. The van der Waals surface area contributed by atoms with Gasteiger partial charge in [-0.2, -0.15) is 0 Å². The molecule has 0 aliphatic carbocycles. The molecule has 8 nitrogen and oxygen atoms in total. The van der Waals surface area contributed by atoms with E-state index in [0.717, 1.165) is 52.4 Å². The van der Waals surface area contributed by atoms with Crippen molar-refractivity contribution in [1.29, 1.82) is 0 Å². The van der Waals surface area contributed by atoms with Gasteiger partial charge in [0.1, 0.15) is 5.01 Å². The van der Waals surface area contributed by atoms with Gasteiger partial charge in [0.15, 0.2) is 0 Å². The predicted molar refractivity (Wildman–Crippen MR) is 145 cm³/mol. The van der Waals surface area contributed by atoms with E-state index in [0.29, 0.717) is 18.7 Å². The number of benzene rings is 2. The molecule has 1 atom stereocenters. The second-order valence-corrected chi connectivity index (χ2v) is 10.4. The Kier molecular flexibility index (Phi) is 8.90. The maximum absolute atomic E-state index is 13.4. The first-order chi connectivity index (χ1) is 17.9. The van der Waals surface area contributed by atoms with E-state index in [2.05, 4.69) is 15.6 Å². The Morgan fingerprint density at radius 3 is 2.59 bits per heavy atom. The molecule has 2 heterocycles. The molecule has 0 bridgehead atoms. The van der Waals surface area contributed by atoms with Crippen LogP contribution in [0, 0.1) is 6.92 Å². The van der Waals surface area contributed by atoms with Crippen molar-refractivity contribution >= 4 is 40.6 Å². The number of hydrogen-bond acceptors (Lipinski definition) is 5. The molecule has 1 aromatic heterocycles. The van der Waals surface area contributed by atoms with Crippen LogP contribution in [-0.4, -0.2) is 39.4 Å². The number of carboxylic acid groups (broad SMARTS) is 1. The van der Waals surface area contributed by atoms with Crippen molar-refractivity contribution in [2.45, 2.75) is 57.9 Å². The fourth-order valence-corrected chi connectivity index (χ4v) is 5.53. The Morgan fingerprint density at radius 2 is 1.84 bits per heavy atom. The van der Waals surface area contributed by atoms with Crippen LogP contribution in [0.5, 0.6) is 0 Å². The Morgan fingerprint density at radius 1 is 1.05 bits per heavy atom. The van der Waals surface area contributed by atoms with E-state index >= 15 is 0 Å². The van der Waals surface area contributed by atoms with Crippen LogP contribution < -0.4 is 10.6 Å². The number of aromatic nitrogens is 1. The lowest BCUT2D eigenvalue weighted by atomic mass is 10.1. The number of para-hydroxylation sites is 1. The van der Waals surface area contributed by atoms with Gasteiger partial charge in [0.05, 0.1) is 18.9 Å². The Balaban J connectivity index is 1.37. The van der Waals surface area contributed by atoms with Gasteiger partial charge in [-0.15, -0.1) is 11.3 Å². The molecule has 194 valence electrons. The van der Waals surface area contributed by atoms with Gasteiger partial charge in [-0.1, -0.05) is 43.2 Å². The van der Waals surface area contributed by atoms with Crippen LogP contribution >= 0.6 is 11.3 Å². The topological polar surface area (TPSA) is 112 Å². The summed E-state index contributed by atoms with van der Waals surface area (Å²) in [4.78, 5) is 44.1. The van der Waals surface area contributed by atoms with Gasteiger partial charge in [-0.05, 0) is 55.5 Å². The van der Waals surface area contributed by atoms with Gasteiger partial charge < -0.3 is 20.6 Å². The second-order valence-electron chi connectivity index (χ2n) is 9.28. The monoisotopic (exact) mass is 520 g/mol. The number of anilines is 2. The number of carbonyl (C=O) groups is 3. The summed E-state index contributed by atoms with van der Waals surface area (Å²) < 4.78 is 0. The standard InChI is InChI=1S/C28H32N4O4S/c1-19-7-4-5-8-23(19)31-28(36)30-21-12-10-20(11-13-21)17-25(33)32-16-6-2-3-9-24(32)27-29-18-22(37-27)14-15-26(34)35/h4-5,7-8,10-13,18,24H,2-3,6,9,14-17H2,1H3,(H,34,35)(H2,30,31,36). The first-order valence-electron chi connectivity index (χ1n) is 12.6. The SMILES string of the molecule is Cc1ccccc1NC(=O)Nc1ccc(CC(=O)N2CCCCCC2c2ncc(CCC(=O)O)s2)cc1. The number of rotatable bonds is 8. The quantitative estimate of drug-likeness (QED) is 0.348. The molecule has 1 fully saturated rings. The molecule has 1 aliphatic rings. The maximum Gasteiger partial charge on any atom is 0.323 e. The molecule has 2 aromatic carbocycles. The Hall–Kier alpha value is -3.72. The first kappa shape index (κ1) is 26.3. The van der Waals surface area contributed by atoms with Crippen molar-refractivity contribution in [3.05, 3.63) is 75.7 Å². The Labute approximate surface area is 220 Å². The van der Waals surface area contributed by atoms with E-state index in [-0.39, 0.29) is 30.8 Å². The van der Waals surface area contributed by atoms with Crippen molar-refractivity contribution in [3.63, 3.8) is 0 Å². The van der Waals surface area contributed by atoms with E-state index in [9.17, 15) is 14.4 Å². The minimum absolute atomic E-state index is 0.0483. The molecule has 3 aromatic rings. The predicted octanol–water partition coefficient (Wildman–Crippen LogP) is 5.80. The molecular formula is C28H32N4O4S. The zero-order chi connectivity index (χ0) is 26.2. The number of likely N-dealkylation sites (tertiary alicyclic amines) is 1. The highest BCUT2D eigenvalue weighted by Crippen LogP contribution is 2.33. The third-order valence-corrected chi connectivity index (χ3v) is 7.63. The van der Waals surface area contributed by atoms with Crippen LogP contribution in [-0.2, 0) is 22.4 Å². The molecule has 1 saturated heterocycles. The van der Waals surface area contributed by atoms with Crippen molar-refractivity contribution in [2.75, 3.05) is 17.2 Å². The van der Waals surface area contributed by atoms with E-state index in [1.165, 1.54) is 11.3 Å². The van der Waals surface area contributed by atoms with E-state index < -0.39 is 5.97 Å². The third-order valence-electron chi connectivity index (χ3n) is 6.48. The molecule has 0 spiro atoms. The lowest BCUT2D eigenvalue weighted by molar-refractivity contribution is -0.137. The van der Waals surface area contributed by atoms with Crippen LogP contribution in [0.15, 0.2) is 54.7 Å². The summed E-state index contributed by atoms with van der Waals surface area (Å²) in [6.07, 6.45) is 6.46. The highest BCUT2D eigenvalue weighted by molar-refractivity contribution is 7.11. The average molecular weight is 521 g/mol.